The average molecular weight is 420 g/mol. The molecular formula is C20H22F2N4O4. The van der Waals surface area contributed by atoms with Gasteiger partial charge in [0.25, 0.3) is 5.91 Å². The zero-order valence-electron chi connectivity index (χ0n) is 16.4. The first-order chi connectivity index (χ1) is 14.5. The number of methoxy groups -OCH3 is 1. The summed E-state index contributed by atoms with van der Waals surface area (Å²) in [4.78, 5) is 32.8. The second kappa shape index (κ2) is 9.86. The Balaban J connectivity index is 1.50. The van der Waals surface area contributed by atoms with Crippen LogP contribution in [-0.4, -0.2) is 68.1 Å². The molecule has 160 valence electrons. The number of anilines is 1. The third kappa shape index (κ3) is 5.34. The summed E-state index contributed by atoms with van der Waals surface area (Å²) in [5.41, 5.74) is 0.168. The number of nitrogens with one attached hydrogen (secondary N) is 1. The van der Waals surface area contributed by atoms with E-state index in [1.165, 1.54) is 25.3 Å². The van der Waals surface area contributed by atoms with E-state index in [0.717, 1.165) is 5.82 Å². The number of alkyl halides is 2. The lowest BCUT2D eigenvalue weighted by atomic mass is 10.2. The molecule has 2 amide bonds. The van der Waals surface area contributed by atoms with Crippen molar-refractivity contribution in [2.45, 2.75) is 6.61 Å². The van der Waals surface area contributed by atoms with Crippen LogP contribution in [0.1, 0.15) is 10.4 Å². The van der Waals surface area contributed by atoms with Gasteiger partial charge in [-0.2, -0.15) is 8.78 Å². The number of halogens is 2. The number of aromatic nitrogens is 1. The van der Waals surface area contributed by atoms with Crippen molar-refractivity contribution in [3.05, 3.63) is 48.2 Å². The lowest BCUT2D eigenvalue weighted by Gasteiger charge is -2.35. The molecular weight excluding hydrogens is 398 g/mol. The van der Waals surface area contributed by atoms with Gasteiger partial charge in [-0.05, 0) is 30.3 Å². The SMILES string of the molecule is COc1cc(C(=O)NCC(=O)N2CCN(c3ccccn3)CC2)ccc1OC(F)F. The van der Waals surface area contributed by atoms with Crippen molar-refractivity contribution in [1.82, 2.24) is 15.2 Å². The predicted octanol–water partition coefficient (Wildman–Crippen LogP) is 1.77. The van der Waals surface area contributed by atoms with E-state index in [9.17, 15) is 18.4 Å². The quantitative estimate of drug-likeness (QED) is 0.735. The zero-order valence-corrected chi connectivity index (χ0v) is 16.4. The number of nitrogens with zero attached hydrogens (tertiary/aromatic N) is 3. The first-order valence-corrected chi connectivity index (χ1v) is 9.32. The van der Waals surface area contributed by atoms with Crippen LogP contribution in [0.3, 0.4) is 0 Å². The monoisotopic (exact) mass is 420 g/mol. The summed E-state index contributed by atoms with van der Waals surface area (Å²) in [6.45, 7) is -0.814. The normalized spacial score (nSPS) is 13.9. The van der Waals surface area contributed by atoms with Crippen molar-refractivity contribution >= 4 is 17.6 Å². The Morgan fingerprint density at radius 3 is 2.53 bits per heavy atom. The van der Waals surface area contributed by atoms with Gasteiger partial charge in [-0.3, -0.25) is 9.59 Å². The fraction of sp³-hybridized carbons (Fsp3) is 0.350. The molecule has 1 aliphatic rings. The van der Waals surface area contributed by atoms with Crippen molar-refractivity contribution in [2.24, 2.45) is 0 Å². The topological polar surface area (TPSA) is 84.0 Å². The maximum absolute atomic E-state index is 12.4. The summed E-state index contributed by atoms with van der Waals surface area (Å²) in [7, 11) is 1.28. The van der Waals surface area contributed by atoms with Gasteiger partial charge in [0.15, 0.2) is 11.5 Å². The summed E-state index contributed by atoms with van der Waals surface area (Å²) in [6, 6.07) is 9.51. The van der Waals surface area contributed by atoms with E-state index in [2.05, 4.69) is 19.9 Å². The Hall–Kier alpha value is -3.43. The highest BCUT2D eigenvalue weighted by atomic mass is 19.3. The summed E-state index contributed by atoms with van der Waals surface area (Å²) in [5, 5.41) is 2.55. The van der Waals surface area contributed by atoms with Gasteiger partial charge in [-0.25, -0.2) is 4.98 Å². The first kappa shape index (κ1) is 21.3. The molecule has 0 aliphatic carbocycles. The third-order valence-electron chi connectivity index (χ3n) is 4.65. The van der Waals surface area contributed by atoms with E-state index in [-0.39, 0.29) is 29.5 Å². The van der Waals surface area contributed by atoms with Crippen molar-refractivity contribution in [3.8, 4) is 11.5 Å². The van der Waals surface area contributed by atoms with Crippen LogP contribution in [0.5, 0.6) is 11.5 Å². The van der Waals surface area contributed by atoms with Gasteiger partial charge in [0.05, 0.1) is 13.7 Å². The highest BCUT2D eigenvalue weighted by Crippen LogP contribution is 2.29. The predicted molar refractivity (Wildman–Crippen MR) is 105 cm³/mol. The number of hydrogen-bond donors (Lipinski definition) is 1. The van der Waals surface area contributed by atoms with Gasteiger partial charge in [-0.1, -0.05) is 6.07 Å². The van der Waals surface area contributed by atoms with E-state index in [1.54, 1.807) is 11.1 Å². The van der Waals surface area contributed by atoms with E-state index in [1.807, 2.05) is 18.2 Å². The Bertz CT molecular complexity index is 874. The van der Waals surface area contributed by atoms with Gasteiger partial charge >= 0.3 is 6.61 Å². The molecule has 2 aromatic rings. The number of ether oxygens (including phenoxy) is 2. The molecule has 8 nitrogen and oxygen atoms in total. The molecule has 0 saturated carbocycles. The molecule has 1 aromatic heterocycles. The van der Waals surface area contributed by atoms with Crippen LogP contribution in [-0.2, 0) is 4.79 Å². The Morgan fingerprint density at radius 1 is 1.13 bits per heavy atom. The summed E-state index contributed by atoms with van der Waals surface area (Å²) in [6.07, 6.45) is 1.73. The standard InChI is InChI=1S/C20H22F2N4O4/c1-29-16-12-14(5-6-15(16)30-20(21)22)19(28)24-13-18(27)26-10-8-25(9-11-26)17-4-2-3-7-23-17/h2-7,12,20H,8-11,13H2,1H3,(H,24,28). The molecule has 1 aromatic carbocycles. The minimum absolute atomic E-state index is 0.0000742. The minimum atomic E-state index is -3.01. The van der Waals surface area contributed by atoms with Gasteiger partial charge < -0.3 is 24.6 Å². The summed E-state index contributed by atoms with van der Waals surface area (Å²) < 4.78 is 34.1. The van der Waals surface area contributed by atoms with Gasteiger partial charge in [0.2, 0.25) is 5.91 Å². The maximum Gasteiger partial charge on any atom is 0.387 e. The second-order valence-corrected chi connectivity index (χ2v) is 6.48. The van der Waals surface area contributed by atoms with E-state index in [0.29, 0.717) is 26.2 Å². The van der Waals surface area contributed by atoms with Crippen LogP contribution >= 0.6 is 0 Å². The molecule has 1 fully saturated rings. The number of pyridine rings is 1. The molecule has 0 spiro atoms. The number of rotatable bonds is 7. The molecule has 10 heteroatoms. The molecule has 1 saturated heterocycles. The maximum atomic E-state index is 12.4. The highest BCUT2D eigenvalue weighted by molar-refractivity contribution is 5.97. The van der Waals surface area contributed by atoms with Crippen molar-refractivity contribution < 1.29 is 27.8 Å². The van der Waals surface area contributed by atoms with Crippen molar-refractivity contribution in [2.75, 3.05) is 44.7 Å². The van der Waals surface area contributed by atoms with Crippen LogP contribution in [0.2, 0.25) is 0 Å². The first-order valence-electron chi connectivity index (χ1n) is 9.32. The molecule has 0 atom stereocenters. The summed E-state index contributed by atoms with van der Waals surface area (Å²) >= 11 is 0. The van der Waals surface area contributed by atoms with Crippen LogP contribution < -0.4 is 19.7 Å². The van der Waals surface area contributed by atoms with Gasteiger partial charge in [0, 0.05) is 37.9 Å². The van der Waals surface area contributed by atoms with Gasteiger partial charge in [-0.15, -0.1) is 0 Å². The van der Waals surface area contributed by atoms with E-state index < -0.39 is 12.5 Å². The number of benzene rings is 1. The fourth-order valence-corrected chi connectivity index (χ4v) is 3.10. The number of carbonyl (C=O) groups is 2. The Labute approximate surface area is 172 Å². The van der Waals surface area contributed by atoms with Crippen LogP contribution in [0.25, 0.3) is 0 Å². The van der Waals surface area contributed by atoms with Gasteiger partial charge in [0.1, 0.15) is 5.82 Å². The van der Waals surface area contributed by atoms with E-state index >= 15 is 0 Å². The van der Waals surface area contributed by atoms with Crippen molar-refractivity contribution in [3.63, 3.8) is 0 Å². The number of carbonyl (C=O) groups excluding carboxylic acids is 2. The second-order valence-electron chi connectivity index (χ2n) is 6.48. The number of piperazine rings is 1. The zero-order chi connectivity index (χ0) is 21.5. The van der Waals surface area contributed by atoms with E-state index in [4.69, 9.17) is 4.74 Å². The Morgan fingerprint density at radius 2 is 1.90 bits per heavy atom. The molecule has 1 N–H and O–H groups in total. The third-order valence-corrected chi connectivity index (χ3v) is 4.65. The minimum Gasteiger partial charge on any atom is -0.493 e. The highest BCUT2D eigenvalue weighted by Gasteiger charge is 2.22. The van der Waals surface area contributed by atoms with Crippen LogP contribution in [0, 0.1) is 0 Å². The summed E-state index contributed by atoms with van der Waals surface area (Å²) in [5.74, 6) is -0.0250. The molecule has 1 aliphatic heterocycles. The molecule has 0 bridgehead atoms. The smallest absolute Gasteiger partial charge is 0.387 e. The molecule has 2 heterocycles. The number of amides is 2. The molecule has 0 radical (unpaired) electrons. The van der Waals surface area contributed by atoms with Crippen LogP contribution in [0.15, 0.2) is 42.6 Å². The Kier molecular flexibility index (Phi) is 6.99. The molecule has 3 rings (SSSR count). The lowest BCUT2D eigenvalue weighted by molar-refractivity contribution is -0.130. The average Bonchev–Trinajstić information content (AvgIpc) is 2.77. The van der Waals surface area contributed by atoms with Crippen LogP contribution in [0.4, 0.5) is 14.6 Å². The molecule has 30 heavy (non-hydrogen) atoms. The molecule has 0 unspecified atom stereocenters. The fourth-order valence-electron chi connectivity index (χ4n) is 3.10. The van der Waals surface area contributed by atoms with Crippen molar-refractivity contribution in [1.29, 1.82) is 0 Å². The largest absolute Gasteiger partial charge is 0.493 e. The number of hydrogen-bond acceptors (Lipinski definition) is 6. The lowest BCUT2D eigenvalue weighted by Crippen LogP contribution is -2.51.